The third kappa shape index (κ3) is 2.75. The molecule has 6 heteroatoms. The summed E-state index contributed by atoms with van der Waals surface area (Å²) >= 11 is 7.66. The van der Waals surface area contributed by atoms with Crippen LogP contribution in [0, 0.1) is 0 Å². The fourth-order valence-electron chi connectivity index (χ4n) is 2.68. The molecule has 0 radical (unpaired) electrons. The highest BCUT2D eigenvalue weighted by molar-refractivity contribution is 7.18. The standard InChI is InChI=1S/C14H18ClN3OS/c1-2-8-7-9-12(17-14(15)18-13(9)20-8)16-10-5-3-4-6-11(10)19/h7,10-11,19H,2-6H2,1H3,(H,16,17,18). The minimum atomic E-state index is -0.308. The lowest BCUT2D eigenvalue weighted by atomic mass is 9.92. The summed E-state index contributed by atoms with van der Waals surface area (Å²) in [5.74, 6) is 0.752. The van der Waals surface area contributed by atoms with Crippen molar-refractivity contribution in [1.29, 1.82) is 0 Å². The van der Waals surface area contributed by atoms with Gasteiger partial charge in [0.15, 0.2) is 0 Å². The lowest BCUT2D eigenvalue weighted by Crippen LogP contribution is -2.36. The predicted octanol–water partition coefficient (Wildman–Crippen LogP) is 3.62. The number of hydrogen-bond donors (Lipinski definition) is 2. The van der Waals surface area contributed by atoms with Gasteiger partial charge in [-0.05, 0) is 36.9 Å². The second-order valence-electron chi connectivity index (χ2n) is 5.23. The van der Waals surface area contributed by atoms with E-state index in [9.17, 15) is 5.11 Å². The van der Waals surface area contributed by atoms with Gasteiger partial charge in [-0.25, -0.2) is 9.97 Å². The van der Waals surface area contributed by atoms with E-state index in [2.05, 4.69) is 28.3 Å². The van der Waals surface area contributed by atoms with Crippen molar-refractivity contribution >= 4 is 39.0 Å². The molecule has 1 aliphatic rings. The van der Waals surface area contributed by atoms with Gasteiger partial charge in [0.2, 0.25) is 5.28 Å². The molecule has 0 saturated heterocycles. The normalized spacial score (nSPS) is 23.1. The van der Waals surface area contributed by atoms with E-state index in [1.54, 1.807) is 11.3 Å². The Bertz CT molecular complexity index is 616. The van der Waals surface area contributed by atoms with Gasteiger partial charge >= 0.3 is 0 Å². The molecular formula is C14H18ClN3OS. The van der Waals surface area contributed by atoms with Crippen LogP contribution in [0.2, 0.25) is 5.28 Å². The molecule has 2 aromatic rings. The maximum atomic E-state index is 10.1. The molecule has 0 amide bonds. The van der Waals surface area contributed by atoms with E-state index in [0.29, 0.717) is 0 Å². The van der Waals surface area contributed by atoms with Crippen molar-refractivity contribution < 1.29 is 5.11 Å². The Balaban J connectivity index is 1.95. The molecule has 1 fully saturated rings. The van der Waals surface area contributed by atoms with E-state index in [4.69, 9.17) is 11.6 Å². The number of aromatic nitrogens is 2. The number of aryl methyl sites for hydroxylation is 1. The van der Waals surface area contributed by atoms with Crippen LogP contribution in [0.15, 0.2) is 6.07 Å². The van der Waals surface area contributed by atoms with Crippen molar-refractivity contribution in [2.75, 3.05) is 5.32 Å². The van der Waals surface area contributed by atoms with Crippen LogP contribution in [0.5, 0.6) is 0 Å². The zero-order valence-electron chi connectivity index (χ0n) is 11.4. The molecule has 2 atom stereocenters. The van der Waals surface area contributed by atoms with Gasteiger partial charge in [-0.2, -0.15) is 0 Å². The first kappa shape index (κ1) is 14.0. The molecule has 0 aromatic carbocycles. The van der Waals surface area contributed by atoms with Crippen LogP contribution in [-0.4, -0.2) is 27.2 Å². The van der Waals surface area contributed by atoms with E-state index in [-0.39, 0.29) is 17.4 Å². The zero-order valence-corrected chi connectivity index (χ0v) is 13.0. The van der Waals surface area contributed by atoms with Gasteiger partial charge in [-0.1, -0.05) is 19.8 Å². The van der Waals surface area contributed by atoms with Gasteiger partial charge in [0, 0.05) is 4.88 Å². The van der Waals surface area contributed by atoms with Crippen molar-refractivity contribution in [2.45, 2.75) is 51.2 Å². The second-order valence-corrected chi connectivity index (χ2v) is 6.68. The highest BCUT2D eigenvalue weighted by Gasteiger charge is 2.24. The lowest BCUT2D eigenvalue weighted by Gasteiger charge is -2.28. The summed E-state index contributed by atoms with van der Waals surface area (Å²) in [4.78, 5) is 10.8. The van der Waals surface area contributed by atoms with E-state index >= 15 is 0 Å². The number of halogens is 1. The van der Waals surface area contributed by atoms with Crippen molar-refractivity contribution in [1.82, 2.24) is 9.97 Å². The molecule has 4 nitrogen and oxygen atoms in total. The van der Waals surface area contributed by atoms with Gasteiger partial charge < -0.3 is 10.4 Å². The number of rotatable bonds is 3. The summed E-state index contributed by atoms with van der Waals surface area (Å²) in [6.07, 6.45) is 4.72. The maximum absolute atomic E-state index is 10.1. The molecule has 3 rings (SSSR count). The molecule has 0 bridgehead atoms. The average molecular weight is 312 g/mol. The van der Waals surface area contributed by atoms with Crippen LogP contribution in [0.4, 0.5) is 5.82 Å². The highest BCUT2D eigenvalue weighted by Crippen LogP contribution is 2.32. The van der Waals surface area contributed by atoms with Crippen molar-refractivity contribution in [3.05, 3.63) is 16.2 Å². The van der Waals surface area contributed by atoms with Crippen LogP contribution in [0.3, 0.4) is 0 Å². The molecular weight excluding hydrogens is 294 g/mol. The highest BCUT2D eigenvalue weighted by atomic mass is 35.5. The van der Waals surface area contributed by atoms with Gasteiger partial charge in [0.25, 0.3) is 0 Å². The topological polar surface area (TPSA) is 58.0 Å². The van der Waals surface area contributed by atoms with Gasteiger partial charge in [0.05, 0.1) is 17.5 Å². The van der Waals surface area contributed by atoms with Crippen LogP contribution in [-0.2, 0) is 6.42 Å². The average Bonchev–Trinajstić information content (AvgIpc) is 2.84. The predicted molar refractivity (Wildman–Crippen MR) is 83.7 cm³/mol. The Kier molecular flexibility index (Phi) is 4.10. The first-order chi connectivity index (χ1) is 9.67. The Hall–Kier alpha value is -0.910. The molecule has 20 heavy (non-hydrogen) atoms. The lowest BCUT2D eigenvalue weighted by molar-refractivity contribution is 0.116. The monoisotopic (exact) mass is 311 g/mol. The van der Waals surface area contributed by atoms with Crippen LogP contribution in [0.25, 0.3) is 10.2 Å². The van der Waals surface area contributed by atoms with Crippen molar-refractivity contribution in [2.24, 2.45) is 0 Å². The zero-order chi connectivity index (χ0) is 14.1. The summed E-state index contributed by atoms with van der Waals surface area (Å²) in [6.45, 7) is 2.12. The van der Waals surface area contributed by atoms with Gasteiger partial charge in [0.1, 0.15) is 10.6 Å². The Morgan fingerprint density at radius 3 is 2.95 bits per heavy atom. The Morgan fingerprint density at radius 2 is 2.20 bits per heavy atom. The number of anilines is 1. The number of aliphatic hydroxyl groups is 1. The third-order valence-electron chi connectivity index (χ3n) is 3.82. The van der Waals surface area contributed by atoms with E-state index in [1.807, 2.05) is 0 Å². The third-order valence-corrected chi connectivity index (χ3v) is 5.16. The molecule has 1 saturated carbocycles. The molecule has 108 valence electrons. The SMILES string of the molecule is CCc1cc2c(NC3CCCCC3O)nc(Cl)nc2s1. The molecule has 1 aliphatic carbocycles. The Labute approximate surface area is 127 Å². The summed E-state index contributed by atoms with van der Waals surface area (Å²) in [6, 6.07) is 2.18. The van der Waals surface area contributed by atoms with E-state index in [0.717, 1.165) is 48.1 Å². The van der Waals surface area contributed by atoms with Crippen LogP contribution < -0.4 is 5.32 Å². The van der Waals surface area contributed by atoms with Gasteiger partial charge in [-0.3, -0.25) is 0 Å². The van der Waals surface area contributed by atoms with Crippen molar-refractivity contribution in [3.63, 3.8) is 0 Å². The molecule has 2 unspecified atom stereocenters. The smallest absolute Gasteiger partial charge is 0.225 e. The fourth-order valence-corrected chi connectivity index (χ4v) is 3.87. The molecule has 0 aliphatic heterocycles. The largest absolute Gasteiger partial charge is 0.391 e. The minimum absolute atomic E-state index is 0.0582. The summed E-state index contributed by atoms with van der Waals surface area (Å²) < 4.78 is 0. The number of hydrogen-bond acceptors (Lipinski definition) is 5. The summed E-state index contributed by atoms with van der Waals surface area (Å²) in [5.41, 5.74) is 0. The summed E-state index contributed by atoms with van der Waals surface area (Å²) in [7, 11) is 0. The molecule has 2 N–H and O–H groups in total. The van der Waals surface area contributed by atoms with E-state index in [1.165, 1.54) is 4.88 Å². The summed E-state index contributed by atoms with van der Waals surface area (Å²) in [5, 5.41) is 14.7. The molecule has 0 spiro atoms. The number of nitrogens with zero attached hydrogens (tertiary/aromatic N) is 2. The molecule has 2 aromatic heterocycles. The van der Waals surface area contributed by atoms with Gasteiger partial charge in [-0.15, -0.1) is 11.3 Å². The van der Waals surface area contributed by atoms with Crippen LogP contribution in [0.1, 0.15) is 37.5 Å². The van der Waals surface area contributed by atoms with Crippen molar-refractivity contribution in [3.8, 4) is 0 Å². The minimum Gasteiger partial charge on any atom is -0.391 e. The quantitative estimate of drug-likeness (QED) is 0.850. The number of fused-ring (bicyclic) bond motifs is 1. The number of thiophene rings is 1. The first-order valence-corrected chi connectivity index (χ1v) is 8.27. The second kappa shape index (κ2) is 5.84. The maximum Gasteiger partial charge on any atom is 0.225 e. The number of nitrogens with one attached hydrogen (secondary N) is 1. The number of aliphatic hydroxyl groups excluding tert-OH is 1. The molecule has 2 heterocycles. The Morgan fingerprint density at radius 1 is 1.40 bits per heavy atom. The fraction of sp³-hybridized carbons (Fsp3) is 0.571. The van der Waals surface area contributed by atoms with E-state index < -0.39 is 0 Å². The van der Waals surface area contributed by atoms with Crippen LogP contribution >= 0.6 is 22.9 Å². The first-order valence-electron chi connectivity index (χ1n) is 7.08.